The summed E-state index contributed by atoms with van der Waals surface area (Å²) in [6.45, 7) is 2.08. The Labute approximate surface area is 108 Å². The lowest BCUT2D eigenvalue weighted by Crippen LogP contribution is -1.84. The molecule has 3 heteroatoms. The summed E-state index contributed by atoms with van der Waals surface area (Å²) >= 11 is 1.71. The Morgan fingerprint density at radius 1 is 0.944 bits per heavy atom. The maximum absolute atomic E-state index is 4.77. The molecule has 86 valence electrons. The molecule has 18 heavy (non-hydrogen) atoms. The van der Waals surface area contributed by atoms with Crippen LogP contribution >= 0.6 is 11.3 Å². The van der Waals surface area contributed by atoms with Gasteiger partial charge in [0.15, 0.2) is 0 Å². The van der Waals surface area contributed by atoms with E-state index in [1.54, 1.807) is 11.3 Å². The van der Waals surface area contributed by atoms with Gasteiger partial charge in [-0.25, -0.2) is 9.97 Å². The minimum atomic E-state index is 0.972. The average molecular weight is 250 g/mol. The van der Waals surface area contributed by atoms with E-state index in [4.69, 9.17) is 9.97 Å². The molecule has 0 aliphatic carbocycles. The number of nitrogens with zero attached hydrogens (tertiary/aromatic N) is 2. The zero-order chi connectivity index (χ0) is 12.1. The standard InChI is InChI=1S/C15H10N2S/c1-9-6-7-11-12(8-9)16-14-10-4-2-3-5-13(10)18-15(14)17-11/h2-8H,1H3. The van der Waals surface area contributed by atoms with Crippen LogP contribution in [0.5, 0.6) is 0 Å². The van der Waals surface area contributed by atoms with Gasteiger partial charge in [0.1, 0.15) is 10.3 Å². The summed E-state index contributed by atoms with van der Waals surface area (Å²) in [5.41, 5.74) is 4.19. The van der Waals surface area contributed by atoms with Crippen molar-refractivity contribution in [1.82, 2.24) is 9.97 Å². The van der Waals surface area contributed by atoms with Gasteiger partial charge in [0.05, 0.1) is 11.0 Å². The van der Waals surface area contributed by atoms with Crippen molar-refractivity contribution in [2.45, 2.75) is 6.92 Å². The molecule has 0 aliphatic heterocycles. The molecule has 4 aromatic rings. The summed E-state index contributed by atoms with van der Waals surface area (Å²) in [6, 6.07) is 14.6. The predicted octanol–water partition coefficient (Wildman–Crippen LogP) is 4.31. The fourth-order valence-electron chi connectivity index (χ4n) is 2.25. The highest BCUT2D eigenvalue weighted by Crippen LogP contribution is 2.32. The lowest BCUT2D eigenvalue weighted by molar-refractivity contribution is 1.40. The highest BCUT2D eigenvalue weighted by Gasteiger charge is 2.08. The predicted molar refractivity (Wildman–Crippen MR) is 77.2 cm³/mol. The van der Waals surface area contributed by atoms with Gasteiger partial charge in [-0.2, -0.15) is 0 Å². The van der Waals surface area contributed by atoms with Crippen LogP contribution in [0, 0.1) is 6.92 Å². The van der Waals surface area contributed by atoms with Crippen LogP contribution < -0.4 is 0 Å². The SMILES string of the molecule is Cc1ccc2nc3sc4ccccc4c3nc2c1. The monoisotopic (exact) mass is 250 g/mol. The largest absolute Gasteiger partial charge is 0.243 e. The van der Waals surface area contributed by atoms with E-state index < -0.39 is 0 Å². The zero-order valence-corrected chi connectivity index (χ0v) is 10.7. The first-order valence-corrected chi connectivity index (χ1v) is 6.68. The van der Waals surface area contributed by atoms with Crippen LogP contribution in [0.2, 0.25) is 0 Å². The van der Waals surface area contributed by atoms with E-state index in [0.717, 1.165) is 21.4 Å². The molecule has 2 aromatic heterocycles. The number of hydrogen-bond donors (Lipinski definition) is 0. The Hall–Kier alpha value is -2.00. The van der Waals surface area contributed by atoms with Crippen molar-refractivity contribution in [1.29, 1.82) is 0 Å². The average Bonchev–Trinajstić information content (AvgIpc) is 2.74. The Balaban J connectivity index is 2.24. The molecule has 2 aromatic carbocycles. The number of rotatable bonds is 0. The normalized spacial score (nSPS) is 11.6. The minimum Gasteiger partial charge on any atom is -0.243 e. The van der Waals surface area contributed by atoms with Gasteiger partial charge in [0, 0.05) is 10.1 Å². The van der Waals surface area contributed by atoms with E-state index in [1.807, 2.05) is 6.07 Å². The van der Waals surface area contributed by atoms with Crippen molar-refractivity contribution in [3.8, 4) is 0 Å². The molecule has 0 amide bonds. The first kappa shape index (κ1) is 9.97. The Bertz CT molecular complexity index is 893. The minimum absolute atomic E-state index is 0.972. The molecule has 0 fully saturated rings. The molecule has 0 saturated heterocycles. The Morgan fingerprint density at radius 3 is 2.78 bits per heavy atom. The molecule has 0 N–H and O–H groups in total. The summed E-state index contributed by atoms with van der Waals surface area (Å²) < 4.78 is 1.25. The molecule has 0 spiro atoms. The summed E-state index contributed by atoms with van der Waals surface area (Å²) in [4.78, 5) is 10.5. The van der Waals surface area contributed by atoms with Gasteiger partial charge in [0.25, 0.3) is 0 Å². The maximum atomic E-state index is 4.77. The maximum Gasteiger partial charge on any atom is 0.143 e. The molecule has 0 bridgehead atoms. The molecule has 4 rings (SSSR count). The second-order valence-corrected chi connectivity index (χ2v) is 5.50. The fraction of sp³-hybridized carbons (Fsp3) is 0.0667. The van der Waals surface area contributed by atoms with Gasteiger partial charge in [-0.1, -0.05) is 24.3 Å². The first-order valence-electron chi connectivity index (χ1n) is 5.87. The van der Waals surface area contributed by atoms with Crippen molar-refractivity contribution in [2.75, 3.05) is 0 Å². The van der Waals surface area contributed by atoms with Crippen molar-refractivity contribution in [3.05, 3.63) is 48.0 Å². The van der Waals surface area contributed by atoms with Crippen molar-refractivity contribution in [2.24, 2.45) is 0 Å². The van der Waals surface area contributed by atoms with Gasteiger partial charge in [-0.3, -0.25) is 0 Å². The Kier molecular flexibility index (Phi) is 1.94. The molecule has 2 nitrogen and oxygen atoms in total. The highest BCUT2D eigenvalue weighted by atomic mass is 32.1. The van der Waals surface area contributed by atoms with Crippen LogP contribution in [-0.4, -0.2) is 9.97 Å². The van der Waals surface area contributed by atoms with Crippen molar-refractivity contribution in [3.63, 3.8) is 0 Å². The third-order valence-electron chi connectivity index (χ3n) is 3.14. The summed E-state index contributed by atoms with van der Waals surface area (Å²) in [6.07, 6.45) is 0. The molecule has 0 unspecified atom stereocenters. The van der Waals surface area contributed by atoms with Crippen LogP contribution in [0.1, 0.15) is 5.56 Å². The van der Waals surface area contributed by atoms with E-state index >= 15 is 0 Å². The molecule has 2 heterocycles. The van der Waals surface area contributed by atoms with Crippen LogP contribution in [0.3, 0.4) is 0 Å². The van der Waals surface area contributed by atoms with E-state index in [2.05, 4.69) is 43.3 Å². The van der Waals surface area contributed by atoms with Gasteiger partial charge < -0.3 is 0 Å². The van der Waals surface area contributed by atoms with Gasteiger partial charge in [0.2, 0.25) is 0 Å². The van der Waals surface area contributed by atoms with Crippen LogP contribution in [0.25, 0.3) is 31.5 Å². The van der Waals surface area contributed by atoms with E-state index in [-0.39, 0.29) is 0 Å². The second kappa shape index (κ2) is 3.50. The van der Waals surface area contributed by atoms with Crippen LogP contribution in [0.4, 0.5) is 0 Å². The first-order chi connectivity index (χ1) is 8.81. The van der Waals surface area contributed by atoms with Crippen molar-refractivity contribution < 1.29 is 0 Å². The number of aromatic nitrogens is 2. The number of thiophene rings is 1. The molecule has 0 aliphatic rings. The smallest absolute Gasteiger partial charge is 0.143 e. The number of benzene rings is 2. The molecular weight excluding hydrogens is 240 g/mol. The molecule has 0 atom stereocenters. The molecular formula is C15H10N2S. The number of fused-ring (bicyclic) bond motifs is 4. The lowest BCUT2D eigenvalue weighted by atomic mass is 10.2. The second-order valence-electron chi connectivity index (χ2n) is 4.47. The fourth-order valence-corrected chi connectivity index (χ4v) is 3.28. The number of hydrogen-bond acceptors (Lipinski definition) is 3. The zero-order valence-electron chi connectivity index (χ0n) is 9.84. The molecule has 0 saturated carbocycles. The van der Waals surface area contributed by atoms with Crippen LogP contribution in [0.15, 0.2) is 42.5 Å². The summed E-state index contributed by atoms with van der Waals surface area (Å²) in [5, 5.41) is 1.20. The van der Waals surface area contributed by atoms with Gasteiger partial charge in [-0.05, 0) is 30.7 Å². The lowest BCUT2D eigenvalue weighted by Gasteiger charge is -1.98. The van der Waals surface area contributed by atoms with Crippen LogP contribution in [-0.2, 0) is 0 Å². The van der Waals surface area contributed by atoms with Crippen molar-refractivity contribution >= 4 is 42.8 Å². The van der Waals surface area contributed by atoms with E-state index in [0.29, 0.717) is 0 Å². The third kappa shape index (κ3) is 1.34. The van der Waals surface area contributed by atoms with Gasteiger partial charge >= 0.3 is 0 Å². The Morgan fingerprint density at radius 2 is 1.83 bits per heavy atom. The molecule has 0 radical (unpaired) electrons. The summed E-state index contributed by atoms with van der Waals surface area (Å²) in [5.74, 6) is 0. The van der Waals surface area contributed by atoms with E-state index in [9.17, 15) is 0 Å². The third-order valence-corrected chi connectivity index (χ3v) is 4.19. The topological polar surface area (TPSA) is 25.8 Å². The number of aryl methyl sites for hydroxylation is 1. The summed E-state index contributed by atoms with van der Waals surface area (Å²) in [7, 11) is 0. The van der Waals surface area contributed by atoms with Gasteiger partial charge in [-0.15, -0.1) is 11.3 Å². The quantitative estimate of drug-likeness (QED) is 0.465. The van der Waals surface area contributed by atoms with E-state index in [1.165, 1.54) is 15.6 Å². The highest BCUT2D eigenvalue weighted by molar-refractivity contribution is 7.25.